The highest BCUT2D eigenvalue weighted by atomic mass is 19.4. The lowest BCUT2D eigenvalue weighted by molar-refractivity contribution is -0.432. The summed E-state index contributed by atoms with van der Waals surface area (Å²) in [5, 5.41) is 0. The highest BCUT2D eigenvalue weighted by Gasteiger charge is 2.86. The third-order valence-electron chi connectivity index (χ3n) is 2.17. The SMILES string of the molecule is FC(F)(F)C(F)(C(F)(F)F)C(F)(F)Oc1ccccc1. The van der Waals surface area contributed by atoms with Crippen molar-refractivity contribution >= 4 is 0 Å². The van der Waals surface area contributed by atoms with Gasteiger partial charge in [-0.2, -0.15) is 35.1 Å². The van der Waals surface area contributed by atoms with Gasteiger partial charge in [-0.3, -0.25) is 0 Å². The normalized spacial score (nSPS) is 14.2. The van der Waals surface area contributed by atoms with E-state index in [9.17, 15) is 39.5 Å². The summed E-state index contributed by atoms with van der Waals surface area (Å²) in [6.07, 6.45) is -20.0. The number of para-hydroxylation sites is 1. The Bertz CT molecular complexity index is 434. The molecule has 0 heterocycles. The standard InChI is InChI=1S/C10H5F9O/c11-7(8(12,13)14,9(15,16)17)10(18,19)20-6-4-2-1-3-5-6/h1-5H. The first-order valence-corrected chi connectivity index (χ1v) is 4.77. The average molecular weight is 312 g/mol. The second-order valence-corrected chi connectivity index (χ2v) is 3.59. The van der Waals surface area contributed by atoms with Crippen molar-refractivity contribution < 1.29 is 44.3 Å². The molecule has 0 bridgehead atoms. The Balaban J connectivity index is 3.27. The van der Waals surface area contributed by atoms with Crippen molar-refractivity contribution in [3.63, 3.8) is 0 Å². The van der Waals surface area contributed by atoms with E-state index < -0.39 is 29.9 Å². The fourth-order valence-corrected chi connectivity index (χ4v) is 1.20. The van der Waals surface area contributed by atoms with Crippen LogP contribution in [0.2, 0.25) is 0 Å². The third-order valence-corrected chi connectivity index (χ3v) is 2.17. The van der Waals surface area contributed by atoms with E-state index in [4.69, 9.17) is 0 Å². The van der Waals surface area contributed by atoms with Gasteiger partial charge in [0.25, 0.3) is 0 Å². The van der Waals surface area contributed by atoms with Gasteiger partial charge in [-0.05, 0) is 12.1 Å². The fourth-order valence-electron chi connectivity index (χ4n) is 1.20. The summed E-state index contributed by atoms with van der Waals surface area (Å²) in [6, 6.07) is 4.56. The summed E-state index contributed by atoms with van der Waals surface area (Å²) < 4.78 is 116. The Kier molecular flexibility index (Phi) is 3.90. The summed E-state index contributed by atoms with van der Waals surface area (Å²) in [4.78, 5) is 0. The minimum atomic E-state index is -6.91. The second-order valence-electron chi connectivity index (χ2n) is 3.59. The Hall–Kier alpha value is -1.61. The molecule has 0 spiro atoms. The average Bonchev–Trinajstić information content (AvgIpc) is 2.25. The van der Waals surface area contributed by atoms with Crippen LogP contribution in [-0.4, -0.2) is 24.1 Å². The van der Waals surface area contributed by atoms with Gasteiger partial charge in [-0.1, -0.05) is 18.2 Å². The molecule has 0 amide bonds. The predicted octanol–water partition coefficient (Wildman–Crippen LogP) is 4.49. The smallest absolute Gasteiger partial charge is 0.430 e. The zero-order valence-electron chi connectivity index (χ0n) is 9.20. The molecule has 1 aromatic carbocycles. The monoisotopic (exact) mass is 312 g/mol. The van der Waals surface area contributed by atoms with Crippen LogP contribution >= 0.6 is 0 Å². The molecule has 0 atom stereocenters. The van der Waals surface area contributed by atoms with Gasteiger partial charge in [-0.25, -0.2) is 4.39 Å². The lowest BCUT2D eigenvalue weighted by Gasteiger charge is -2.35. The van der Waals surface area contributed by atoms with E-state index in [0.29, 0.717) is 12.1 Å². The van der Waals surface area contributed by atoms with Gasteiger partial charge in [0.15, 0.2) is 0 Å². The van der Waals surface area contributed by atoms with E-state index >= 15 is 0 Å². The van der Waals surface area contributed by atoms with Crippen LogP contribution in [0.3, 0.4) is 0 Å². The van der Waals surface area contributed by atoms with Crippen LogP contribution in [0.1, 0.15) is 0 Å². The molecule has 1 aromatic rings. The first-order valence-electron chi connectivity index (χ1n) is 4.77. The third kappa shape index (κ3) is 2.63. The van der Waals surface area contributed by atoms with E-state index in [2.05, 4.69) is 4.74 Å². The molecule has 20 heavy (non-hydrogen) atoms. The molecule has 0 saturated carbocycles. The van der Waals surface area contributed by atoms with Gasteiger partial charge in [0.2, 0.25) is 0 Å². The maximum atomic E-state index is 13.1. The van der Waals surface area contributed by atoms with E-state index in [1.54, 1.807) is 0 Å². The number of rotatable bonds is 3. The van der Waals surface area contributed by atoms with Crippen molar-refractivity contribution in [1.29, 1.82) is 0 Å². The minimum absolute atomic E-state index is 0.654. The Morgan fingerprint density at radius 3 is 1.40 bits per heavy atom. The number of halogens is 9. The Morgan fingerprint density at radius 1 is 0.650 bits per heavy atom. The largest absolute Gasteiger partial charge is 0.451 e. The highest BCUT2D eigenvalue weighted by molar-refractivity contribution is 5.22. The van der Waals surface area contributed by atoms with Crippen LogP contribution in [0.25, 0.3) is 0 Å². The summed E-state index contributed by atoms with van der Waals surface area (Å²) in [6.45, 7) is 0. The fraction of sp³-hybridized carbons (Fsp3) is 0.400. The van der Waals surface area contributed by atoms with Crippen LogP contribution < -0.4 is 4.74 Å². The highest BCUT2D eigenvalue weighted by Crippen LogP contribution is 2.54. The Morgan fingerprint density at radius 2 is 1.05 bits per heavy atom. The van der Waals surface area contributed by atoms with E-state index in [1.165, 1.54) is 6.07 Å². The first-order chi connectivity index (χ1) is 8.83. The van der Waals surface area contributed by atoms with Gasteiger partial charge in [0, 0.05) is 0 Å². The van der Waals surface area contributed by atoms with Crippen LogP contribution in [0.5, 0.6) is 5.75 Å². The van der Waals surface area contributed by atoms with E-state index in [0.717, 1.165) is 12.1 Å². The number of ether oxygens (including phenoxy) is 1. The number of hydrogen-bond donors (Lipinski definition) is 0. The molecule has 0 fully saturated rings. The van der Waals surface area contributed by atoms with Gasteiger partial charge < -0.3 is 4.74 Å². The van der Waals surface area contributed by atoms with Gasteiger partial charge in [0.1, 0.15) is 5.75 Å². The molecule has 0 unspecified atom stereocenters. The van der Waals surface area contributed by atoms with Crippen molar-refractivity contribution in [2.75, 3.05) is 0 Å². The molecule has 0 aliphatic carbocycles. The van der Waals surface area contributed by atoms with Crippen molar-refractivity contribution in [2.45, 2.75) is 24.1 Å². The van der Waals surface area contributed by atoms with Crippen molar-refractivity contribution in [2.24, 2.45) is 0 Å². The second kappa shape index (κ2) is 4.74. The molecule has 0 N–H and O–H groups in total. The Labute approximate surface area is 105 Å². The van der Waals surface area contributed by atoms with Gasteiger partial charge in [-0.15, -0.1) is 0 Å². The minimum Gasteiger partial charge on any atom is -0.430 e. The topological polar surface area (TPSA) is 9.23 Å². The summed E-state index contributed by atoms with van der Waals surface area (Å²) >= 11 is 0. The van der Waals surface area contributed by atoms with Crippen molar-refractivity contribution in [1.82, 2.24) is 0 Å². The zero-order valence-corrected chi connectivity index (χ0v) is 9.20. The molecular weight excluding hydrogens is 307 g/mol. The maximum absolute atomic E-state index is 13.1. The van der Waals surface area contributed by atoms with E-state index in [1.807, 2.05) is 0 Å². The zero-order chi connectivity index (χ0) is 15.8. The van der Waals surface area contributed by atoms with Crippen LogP contribution in [0.15, 0.2) is 30.3 Å². The molecule has 0 aromatic heterocycles. The number of alkyl halides is 9. The van der Waals surface area contributed by atoms with Crippen molar-refractivity contribution in [3.8, 4) is 5.75 Å². The summed E-state index contributed by atoms with van der Waals surface area (Å²) in [7, 11) is 0. The number of hydrogen-bond acceptors (Lipinski definition) is 1. The predicted molar refractivity (Wildman–Crippen MR) is 48.0 cm³/mol. The maximum Gasteiger partial charge on any atom is 0.451 e. The van der Waals surface area contributed by atoms with Crippen LogP contribution in [0.4, 0.5) is 39.5 Å². The number of benzene rings is 1. The molecule has 0 radical (unpaired) electrons. The molecule has 1 nitrogen and oxygen atoms in total. The molecular formula is C10H5F9O. The molecule has 0 saturated heterocycles. The van der Waals surface area contributed by atoms with Gasteiger partial charge >= 0.3 is 24.1 Å². The first kappa shape index (κ1) is 16.4. The lowest BCUT2D eigenvalue weighted by Crippen LogP contribution is -2.66. The summed E-state index contributed by atoms with van der Waals surface area (Å²) in [5.41, 5.74) is -6.83. The molecule has 10 heteroatoms. The van der Waals surface area contributed by atoms with Gasteiger partial charge in [0.05, 0.1) is 0 Å². The van der Waals surface area contributed by atoms with E-state index in [-0.39, 0.29) is 0 Å². The molecule has 0 aliphatic rings. The van der Waals surface area contributed by atoms with Crippen LogP contribution in [-0.2, 0) is 0 Å². The molecule has 1 rings (SSSR count). The summed E-state index contributed by atoms with van der Waals surface area (Å²) in [5.74, 6) is -1.05. The van der Waals surface area contributed by atoms with Crippen molar-refractivity contribution in [3.05, 3.63) is 30.3 Å². The van der Waals surface area contributed by atoms with Crippen LogP contribution in [0, 0.1) is 0 Å². The quantitative estimate of drug-likeness (QED) is 0.747. The molecule has 114 valence electrons. The lowest BCUT2D eigenvalue weighted by atomic mass is 10.0. The molecule has 0 aliphatic heterocycles.